The van der Waals surface area contributed by atoms with Crippen molar-refractivity contribution in [1.82, 2.24) is 4.90 Å². The van der Waals surface area contributed by atoms with Crippen molar-refractivity contribution in [3.8, 4) is 0 Å². The first-order valence-corrected chi connectivity index (χ1v) is 7.39. The topological polar surface area (TPSA) is 106 Å². The molecule has 1 saturated heterocycles. The smallest absolute Gasteiger partial charge is 0.412 e. The molecule has 0 aromatic heterocycles. The van der Waals surface area contributed by atoms with Crippen molar-refractivity contribution in [2.24, 2.45) is 0 Å². The summed E-state index contributed by atoms with van der Waals surface area (Å²) < 4.78 is 15.4. The molecule has 0 unspecified atom stereocenters. The molecule has 8 heteroatoms. The molecule has 0 saturated carbocycles. The number of esters is 1. The fourth-order valence-electron chi connectivity index (χ4n) is 2.43. The highest BCUT2D eigenvalue weighted by Gasteiger charge is 2.54. The molecule has 0 spiro atoms. The van der Waals surface area contributed by atoms with Gasteiger partial charge in [0.1, 0.15) is 17.4 Å². The summed E-state index contributed by atoms with van der Waals surface area (Å²) in [6, 6.07) is -0.964. The quantitative estimate of drug-likeness (QED) is 0.730. The van der Waals surface area contributed by atoms with Gasteiger partial charge < -0.3 is 24.4 Å². The van der Waals surface area contributed by atoms with Crippen molar-refractivity contribution in [3.05, 3.63) is 0 Å². The fourth-order valence-corrected chi connectivity index (χ4v) is 2.43. The van der Waals surface area contributed by atoms with E-state index in [-0.39, 0.29) is 6.61 Å². The normalized spacial score (nSPS) is 24.7. The first kappa shape index (κ1) is 19.7. The van der Waals surface area contributed by atoms with E-state index in [1.165, 1.54) is 4.90 Å². The molecule has 8 nitrogen and oxygen atoms in total. The number of hydrogen-bond acceptors (Lipinski definition) is 7. The van der Waals surface area contributed by atoms with E-state index >= 15 is 0 Å². The van der Waals surface area contributed by atoms with Gasteiger partial charge in [-0.05, 0) is 41.5 Å². The summed E-state index contributed by atoms with van der Waals surface area (Å²) in [7, 11) is 1.10. The van der Waals surface area contributed by atoms with E-state index in [1.54, 1.807) is 34.6 Å². The third-order valence-corrected chi connectivity index (χ3v) is 3.65. The summed E-state index contributed by atoms with van der Waals surface area (Å²) in [5.41, 5.74) is -3.99. The van der Waals surface area contributed by atoms with Gasteiger partial charge in [0.25, 0.3) is 0 Å². The highest BCUT2D eigenvalue weighted by atomic mass is 16.6. The van der Waals surface area contributed by atoms with Gasteiger partial charge in [0.15, 0.2) is 5.60 Å². The molecule has 1 heterocycles. The molecule has 1 aliphatic heterocycles. The molecule has 1 fully saturated rings. The highest BCUT2D eigenvalue weighted by molar-refractivity contribution is 5.80. The Labute approximate surface area is 136 Å². The SMILES string of the molecule is COC(=O)[C@@](C)(O)[C@H](O)[C@@H]1COC(C)(C)N1C(=O)OC(C)(C)C. The van der Waals surface area contributed by atoms with Crippen molar-refractivity contribution in [2.75, 3.05) is 13.7 Å². The lowest BCUT2D eigenvalue weighted by molar-refractivity contribution is -0.177. The zero-order valence-corrected chi connectivity index (χ0v) is 14.7. The van der Waals surface area contributed by atoms with Crippen molar-refractivity contribution in [2.45, 2.75) is 70.6 Å². The van der Waals surface area contributed by atoms with E-state index in [2.05, 4.69) is 4.74 Å². The lowest BCUT2D eigenvalue weighted by Crippen LogP contribution is -2.60. The lowest BCUT2D eigenvalue weighted by atomic mass is 9.92. The van der Waals surface area contributed by atoms with Gasteiger partial charge in [-0.1, -0.05) is 0 Å². The van der Waals surface area contributed by atoms with Crippen LogP contribution in [-0.4, -0.2) is 70.0 Å². The van der Waals surface area contributed by atoms with Crippen molar-refractivity contribution in [1.29, 1.82) is 0 Å². The van der Waals surface area contributed by atoms with Gasteiger partial charge >= 0.3 is 12.1 Å². The maximum atomic E-state index is 12.5. The summed E-state index contributed by atoms with van der Waals surface area (Å²) in [6.45, 7) is 9.48. The largest absolute Gasteiger partial charge is 0.467 e. The van der Waals surface area contributed by atoms with Gasteiger partial charge in [-0.25, -0.2) is 9.59 Å². The Balaban J connectivity index is 3.10. The fraction of sp³-hybridized carbons (Fsp3) is 0.867. The summed E-state index contributed by atoms with van der Waals surface area (Å²) in [5.74, 6) is -1.00. The molecule has 3 atom stereocenters. The summed E-state index contributed by atoms with van der Waals surface area (Å²) >= 11 is 0. The summed E-state index contributed by atoms with van der Waals surface area (Å²) in [5, 5.41) is 20.7. The molecule has 23 heavy (non-hydrogen) atoms. The number of carbonyl (C=O) groups excluding carboxylic acids is 2. The Morgan fingerprint density at radius 2 is 1.83 bits per heavy atom. The molecule has 0 radical (unpaired) electrons. The highest BCUT2D eigenvalue weighted by Crippen LogP contribution is 2.33. The van der Waals surface area contributed by atoms with Crippen LogP contribution in [0.1, 0.15) is 41.5 Å². The van der Waals surface area contributed by atoms with E-state index in [0.717, 1.165) is 14.0 Å². The molecule has 134 valence electrons. The molecule has 0 aromatic carbocycles. The van der Waals surface area contributed by atoms with Crippen LogP contribution in [0.3, 0.4) is 0 Å². The van der Waals surface area contributed by atoms with Gasteiger partial charge in [-0.2, -0.15) is 0 Å². The minimum Gasteiger partial charge on any atom is -0.467 e. The van der Waals surface area contributed by atoms with Gasteiger partial charge in [0.2, 0.25) is 0 Å². The van der Waals surface area contributed by atoms with Gasteiger partial charge in [0.05, 0.1) is 19.8 Å². The number of carbonyl (C=O) groups is 2. The number of hydrogen-bond donors (Lipinski definition) is 2. The molecule has 1 amide bonds. The molecule has 0 aromatic rings. The van der Waals surface area contributed by atoms with Gasteiger partial charge in [-0.15, -0.1) is 0 Å². The molecule has 1 rings (SSSR count). The Morgan fingerprint density at radius 1 is 1.30 bits per heavy atom. The van der Waals surface area contributed by atoms with Crippen LogP contribution in [0, 0.1) is 0 Å². The Bertz CT molecular complexity index is 467. The third-order valence-electron chi connectivity index (χ3n) is 3.65. The van der Waals surface area contributed by atoms with E-state index < -0.39 is 41.1 Å². The predicted molar refractivity (Wildman–Crippen MR) is 80.5 cm³/mol. The van der Waals surface area contributed by atoms with Crippen LogP contribution in [-0.2, 0) is 19.0 Å². The average Bonchev–Trinajstić information content (AvgIpc) is 2.70. The number of aliphatic hydroxyl groups is 2. The Hall–Kier alpha value is -1.38. The maximum absolute atomic E-state index is 12.5. The van der Waals surface area contributed by atoms with Crippen LogP contribution < -0.4 is 0 Å². The molecule has 0 aliphatic carbocycles. The van der Waals surface area contributed by atoms with Crippen molar-refractivity contribution in [3.63, 3.8) is 0 Å². The van der Waals surface area contributed by atoms with Gasteiger partial charge in [-0.3, -0.25) is 4.90 Å². The van der Waals surface area contributed by atoms with Crippen LogP contribution >= 0.6 is 0 Å². The first-order chi connectivity index (χ1) is 10.2. The number of methoxy groups -OCH3 is 1. The second kappa shape index (κ2) is 6.26. The second-order valence-electron chi connectivity index (χ2n) is 7.26. The zero-order valence-electron chi connectivity index (χ0n) is 14.7. The Kier molecular flexibility index (Phi) is 5.35. The van der Waals surface area contributed by atoms with Crippen LogP contribution in [0.25, 0.3) is 0 Å². The number of amides is 1. The van der Waals surface area contributed by atoms with E-state index in [9.17, 15) is 19.8 Å². The summed E-state index contributed by atoms with van der Waals surface area (Å²) in [6.07, 6.45) is -2.31. The number of nitrogens with zero attached hydrogens (tertiary/aromatic N) is 1. The lowest BCUT2D eigenvalue weighted by Gasteiger charge is -2.39. The number of rotatable bonds is 3. The number of ether oxygens (including phenoxy) is 3. The molecular weight excluding hydrogens is 306 g/mol. The van der Waals surface area contributed by atoms with Crippen LogP contribution in [0.4, 0.5) is 4.79 Å². The van der Waals surface area contributed by atoms with Crippen LogP contribution in [0.15, 0.2) is 0 Å². The van der Waals surface area contributed by atoms with Crippen LogP contribution in [0.2, 0.25) is 0 Å². The van der Waals surface area contributed by atoms with E-state index in [4.69, 9.17) is 9.47 Å². The van der Waals surface area contributed by atoms with Crippen molar-refractivity contribution < 1.29 is 34.0 Å². The van der Waals surface area contributed by atoms with Crippen molar-refractivity contribution >= 4 is 12.1 Å². The molecular formula is C15H27NO7. The predicted octanol–water partition coefficient (Wildman–Crippen LogP) is 0.643. The average molecular weight is 333 g/mol. The van der Waals surface area contributed by atoms with Crippen LogP contribution in [0.5, 0.6) is 0 Å². The number of aliphatic hydroxyl groups excluding tert-OH is 1. The van der Waals surface area contributed by atoms with E-state index in [0.29, 0.717) is 0 Å². The van der Waals surface area contributed by atoms with E-state index in [1.807, 2.05) is 0 Å². The standard InChI is InChI=1S/C15H27NO7/c1-13(2,3)23-12(19)16-9(8-22-14(16,4)5)10(17)15(6,20)11(18)21-7/h9-10,17,20H,8H2,1-7H3/t9-,10+,15-/m0/s1. The molecule has 0 bridgehead atoms. The third kappa shape index (κ3) is 4.13. The monoisotopic (exact) mass is 333 g/mol. The Morgan fingerprint density at radius 3 is 2.26 bits per heavy atom. The minimum absolute atomic E-state index is 0.0550. The van der Waals surface area contributed by atoms with Gasteiger partial charge in [0, 0.05) is 0 Å². The summed E-state index contributed by atoms with van der Waals surface area (Å²) in [4.78, 5) is 25.4. The first-order valence-electron chi connectivity index (χ1n) is 7.39. The molecule has 1 aliphatic rings. The zero-order chi connectivity index (χ0) is 18.2. The minimum atomic E-state index is -2.19. The molecule has 2 N–H and O–H groups in total. The maximum Gasteiger partial charge on any atom is 0.412 e. The second-order valence-corrected chi connectivity index (χ2v) is 7.26.